The van der Waals surface area contributed by atoms with Crippen LogP contribution in [0.2, 0.25) is 0 Å². The fourth-order valence-electron chi connectivity index (χ4n) is 2.04. The van der Waals surface area contributed by atoms with Crippen LogP contribution in [0.15, 0.2) is 40.2 Å². The van der Waals surface area contributed by atoms with Crippen molar-refractivity contribution in [3.05, 3.63) is 57.0 Å². The number of benzene rings is 1. The molecule has 7 nitrogen and oxygen atoms in total. The summed E-state index contributed by atoms with van der Waals surface area (Å²) in [6, 6.07) is 7.34. The van der Waals surface area contributed by atoms with Crippen molar-refractivity contribution >= 4 is 11.2 Å². The molecule has 2 aromatic heterocycles. The van der Waals surface area contributed by atoms with Crippen molar-refractivity contribution in [1.82, 2.24) is 19.5 Å². The van der Waals surface area contributed by atoms with Gasteiger partial charge < -0.3 is 9.72 Å². The fourth-order valence-corrected chi connectivity index (χ4v) is 2.04. The summed E-state index contributed by atoms with van der Waals surface area (Å²) in [5.41, 5.74) is 0.593. The molecule has 2 N–H and O–H groups in total. The number of hydrogen-bond donors (Lipinski definition) is 2. The average Bonchev–Trinajstić information content (AvgIpc) is 2.94. The SMILES string of the molecule is COc1ccc(Cn2c(=O)[nH]c(=O)c3[nH]cnc32)cc1. The van der Waals surface area contributed by atoms with Gasteiger partial charge in [-0.1, -0.05) is 12.1 Å². The van der Waals surface area contributed by atoms with Crippen LogP contribution in [0.25, 0.3) is 11.2 Å². The molecule has 0 saturated carbocycles. The van der Waals surface area contributed by atoms with Crippen LogP contribution in [0.4, 0.5) is 0 Å². The van der Waals surface area contributed by atoms with E-state index in [4.69, 9.17) is 4.74 Å². The second-order valence-corrected chi connectivity index (χ2v) is 4.29. The quantitative estimate of drug-likeness (QED) is 0.724. The Bertz CT molecular complexity index is 858. The van der Waals surface area contributed by atoms with Gasteiger partial charge in [0.15, 0.2) is 5.65 Å². The van der Waals surface area contributed by atoms with Crippen LogP contribution < -0.4 is 16.0 Å². The third kappa shape index (κ3) is 1.99. The highest BCUT2D eigenvalue weighted by Crippen LogP contribution is 2.12. The van der Waals surface area contributed by atoms with Crippen molar-refractivity contribution in [2.45, 2.75) is 6.54 Å². The van der Waals surface area contributed by atoms with Gasteiger partial charge in [-0.3, -0.25) is 14.3 Å². The number of imidazole rings is 1. The Balaban J connectivity index is 2.08. The summed E-state index contributed by atoms with van der Waals surface area (Å²) in [7, 11) is 1.59. The molecule has 0 fully saturated rings. The van der Waals surface area contributed by atoms with Crippen LogP contribution in [0, 0.1) is 0 Å². The Labute approximate surface area is 112 Å². The van der Waals surface area contributed by atoms with Gasteiger partial charge in [0.25, 0.3) is 5.56 Å². The Morgan fingerprint density at radius 1 is 1.25 bits per heavy atom. The predicted octanol–water partition coefficient (Wildman–Crippen LogP) is 0.470. The van der Waals surface area contributed by atoms with E-state index >= 15 is 0 Å². The Morgan fingerprint density at radius 2 is 2.00 bits per heavy atom. The van der Waals surface area contributed by atoms with Crippen LogP contribution in [0.5, 0.6) is 5.75 Å². The molecule has 0 aliphatic heterocycles. The van der Waals surface area contributed by atoms with Gasteiger partial charge >= 0.3 is 5.69 Å². The van der Waals surface area contributed by atoms with E-state index in [1.54, 1.807) is 7.11 Å². The molecule has 20 heavy (non-hydrogen) atoms. The van der Waals surface area contributed by atoms with Crippen LogP contribution in [0.1, 0.15) is 5.56 Å². The smallest absolute Gasteiger partial charge is 0.330 e. The lowest BCUT2D eigenvalue weighted by Crippen LogP contribution is -2.30. The van der Waals surface area contributed by atoms with E-state index < -0.39 is 11.2 Å². The summed E-state index contributed by atoms with van der Waals surface area (Å²) >= 11 is 0. The van der Waals surface area contributed by atoms with Crippen LogP contribution in [-0.2, 0) is 6.54 Å². The minimum Gasteiger partial charge on any atom is -0.497 e. The molecule has 3 rings (SSSR count). The number of ether oxygens (including phenoxy) is 1. The van der Waals surface area contributed by atoms with Crippen LogP contribution in [0.3, 0.4) is 0 Å². The van der Waals surface area contributed by atoms with Crippen molar-refractivity contribution in [3.63, 3.8) is 0 Å². The van der Waals surface area contributed by atoms with Gasteiger partial charge in [-0.2, -0.15) is 0 Å². The highest BCUT2D eigenvalue weighted by molar-refractivity contribution is 5.68. The summed E-state index contributed by atoms with van der Waals surface area (Å²) in [5.74, 6) is 0.743. The van der Waals surface area contributed by atoms with Gasteiger partial charge in [0.05, 0.1) is 20.0 Å². The average molecular weight is 272 g/mol. The van der Waals surface area contributed by atoms with Crippen molar-refractivity contribution in [3.8, 4) is 5.75 Å². The molecule has 0 radical (unpaired) electrons. The minimum atomic E-state index is -0.481. The molecular formula is C13H12N4O3. The Kier molecular flexibility index (Phi) is 2.86. The van der Waals surface area contributed by atoms with E-state index in [2.05, 4.69) is 15.0 Å². The zero-order chi connectivity index (χ0) is 14.1. The molecule has 0 aliphatic carbocycles. The standard InChI is InChI=1S/C13H12N4O3/c1-20-9-4-2-8(3-5-9)6-17-11-10(14-7-15-11)12(18)16-13(17)19/h2-5,7H,6H2,1H3,(H,14,15)(H,16,18,19). The lowest BCUT2D eigenvalue weighted by atomic mass is 10.2. The summed E-state index contributed by atoms with van der Waals surface area (Å²) in [6.07, 6.45) is 1.39. The van der Waals surface area contributed by atoms with Crippen LogP contribution in [-0.4, -0.2) is 26.6 Å². The van der Waals surface area contributed by atoms with E-state index in [-0.39, 0.29) is 5.52 Å². The number of hydrogen-bond acceptors (Lipinski definition) is 4. The highest BCUT2D eigenvalue weighted by Gasteiger charge is 2.09. The van der Waals surface area contributed by atoms with Gasteiger partial charge in [-0.05, 0) is 17.7 Å². The molecule has 0 atom stereocenters. The van der Waals surface area contributed by atoms with E-state index in [9.17, 15) is 9.59 Å². The number of fused-ring (bicyclic) bond motifs is 1. The number of aromatic amines is 2. The minimum absolute atomic E-state index is 0.290. The number of aromatic nitrogens is 4. The summed E-state index contributed by atoms with van der Waals surface area (Å²) in [5, 5.41) is 0. The number of nitrogens with zero attached hydrogens (tertiary/aromatic N) is 2. The van der Waals surface area contributed by atoms with Gasteiger partial charge in [0, 0.05) is 0 Å². The lowest BCUT2D eigenvalue weighted by molar-refractivity contribution is 0.414. The molecule has 7 heteroatoms. The van der Waals surface area contributed by atoms with E-state index in [0.717, 1.165) is 11.3 Å². The van der Waals surface area contributed by atoms with Gasteiger partial charge in [0.1, 0.15) is 11.3 Å². The normalized spacial score (nSPS) is 10.8. The summed E-state index contributed by atoms with van der Waals surface area (Å²) in [4.78, 5) is 32.5. The Morgan fingerprint density at radius 3 is 2.70 bits per heavy atom. The summed E-state index contributed by atoms with van der Waals surface area (Å²) < 4.78 is 6.50. The molecule has 3 aromatic rings. The van der Waals surface area contributed by atoms with Crippen molar-refractivity contribution in [2.75, 3.05) is 7.11 Å². The predicted molar refractivity (Wildman–Crippen MR) is 73.1 cm³/mol. The van der Waals surface area contributed by atoms with Gasteiger partial charge in [-0.15, -0.1) is 0 Å². The molecule has 0 saturated heterocycles. The maximum absolute atomic E-state index is 11.9. The number of methoxy groups -OCH3 is 1. The third-order valence-electron chi connectivity index (χ3n) is 3.07. The monoisotopic (exact) mass is 272 g/mol. The van der Waals surface area contributed by atoms with E-state index in [1.807, 2.05) is 24.3 Å². The molecule has 2 heterocycles. The van der Waals surface area contributed by atoms with Crippen molar-refractivity contribution in [1.29, 1.82) is 0 Å². The van der Waals surface area contributed by atoms with E-state index in [0.29, 0.717) is 12.2 Å². The Hall–Kier alpha value is -2.83. The third-order valence-corrected chi connectivity index (χ3v) is 3.07. The van der Waals surface area contributed by atoms with Gasteiger partial charge in [0.2, 0.25) is 0 Å². The number of rotatable bonds is 3. The topological polar surface area (TPSA) is 92.8 Å². The first kappa shape index (κ1) is 12.2. The lowest BCUT2D eigenvalue weighted by Gasteiger charge is -2.07. The van der Waals surface area contributed by atoms with Crippen LogP contribution >= 0.6 is 0 Å². The first-order valence-electron chi connectivity index (χ1n) is 5.98. The second-order valence-electron chi connectivity index (χ2n) is 4.29. The molecular weight excluding hydrogens is 260 g/mol. The molecule has 0 unspecified atom stereocenters. The zero-order valence-electron chi connectivity index (χ0n) is 10.7. The zero-order valence-corrected chi connectivity index (χ0v) is 10.7. The summed E-state index contributed by atoms with van der Waals surface area (Å²) in [6.45, 7) is 0.320. The maximum atomic E-state index is 11.9. The molecule has 1 aromatic carbocycles. The van der Waals surface area contributed by atoms with Crippen molar-refractivity contribution < 1.29 is 4.74 Å². The fraction of sp³-hybridized carbons (Fsp3) is 0.154. The van der Waals surface area contributed by atoms with Crippen molar-refractivity contribution in [2.24, 2.45) is 0 Å². The number of nitrogens with one attached hydrogen (secondary N) is 2. The largest absolute Gasteiger partial charge is 0.497 e. The van der Waals surface area contributed by atoms with Gasteiger partial charge in [-0.25, -0.2) is 9.78 Å². The first-order chi connectivity index (χ1) is 9.69. The highest BCUT2D eigenvalue weighted by atomic mass is 16.5. The molecule has 102 valence electrons. The maximum Gasteiger partial charge on any atom is 0.330 e. The van der Waals surface area contributed by atoms with E-state index in [1.165, 1.54) is 10.9 Å². The molecule has 0 amide bonds. The molecule has 0 bridgehead atoms. The molecule has 0 spiro atoms. The second kappa shape index (κ2) is 4.69. The first-order valence-corrected chi connectivity index (χ1v) is 5.98. The number of H-pyrrole nitrogens is 2. The molecule has 0 aliphatic rings.